The molecule has 6 heteroatoms. The maximum absolute atomic E-state index is 11.1. The van der Waals surface area contributed by atoms with Crippen molar-refractivity contribution in [3.05, 3.63) is 29.7 Å². The van der Waals surface area contributed by atoms with Crippen LogP contribution in [0, 0.1) is 0 Å². The Morgan fingerprint density at radius 2 is 2.00 bits per heavy atom. The Labute approximate surface area is 118 Å². The van der Waals surface area contributed by atoms with Crippen LogP contribution in [0.25, 0.3) is 5.65 Å². The number of pyridine rings is 1. The Bertz CT molecular complexity index is 601. The number of likely N-dealkylation sites (N-methyl/N-ethyl adjacent to an activating group) is 1. The highest BCUT2D eigenvalue weighted by atomic mass is 16.1. The number of hydrogen-bond donors (Lipinski definition) is 0. The topological polar surface area (TPSA) is 53.7 Å². The lowest BCUT2D eigenvalue weighted by atomic mass is 10.3. The number of piperazine rings is 1. The summed E-state index contributed by atoms with van der Waals surface area (Å²) in [5.74, 6) is 0.863. The molecule has 1 aliphatic rings. The van der Waals surface area contributed by atoms with E-state index in [0.29, 0.717) is 5.69 Å². The molecule has 0 aliphatic carbocycles. The van der Waals surface area contributed by atoms with E-state index in [9.17, 15) is 4.79 Å². The average molecular weight is 273 g/mol. The largest absolute Gasteiger partial charge is 0.304 e. The summed E-state index contributed by atoms with van der Waals surface area (Å²) in [4.78, 5) is 15.9. The van der Waals surface area contributed by atoms with Crippen molar-refractivity contribution in [1.82, 2.24) is 24.4 Å². The third-order valence-electron chi connectivity index (χ3n) is 3.89. The quantitative estimate of drug-likeness (QED) is 0.752. The molecule has 1 aliphatic heterocycles. The zero-order valence-corrected chi connectivity index (χ0v) is 11.7. The monoisotopic (exact) mass is 273 g/mol. The Morgan fingerprint density at radius 1 is 1.20 bits per heavy atom. The first-order valence-corrected chi connectivity index (χ1v) is 6.97. The van der Waals surface area contributed by atoms with E-state index in [4.69, 9.17) is 0 Å². The predicted octanol–water partition coefficient (Wildman–Crippen LogP) is 0.332. The van der Waals surface area contributed by atoms with Gasteiger partial charge in [0.1, 0.15) is 5.82 Å². The molecule has 2 aromatic rings. The fourth-order valence-electron chi connectivity index (χ4n) is 2.61. The average Bonchev–Trinajstić information content (AvgIpc) is 2.90. The molecule has 6 nitrogen and oxygen atoms in total. The van der Waals surface area contributed by atoms with Gasteiger partial charge in [0, 0.05) is 39.1 Å². The Morgan fingerprint density at radius 3 is 2.75 bits per heavy atom. The molecule has 0 amide bonds. The van der Waals surface area contributed by atoms with E-state index in [2.05, 4.69) is 27.0 Å². The molecule has 1 saturated heterocycles. The fourth-order valence-corrected chi connectivity index (χ4v) is 2.61. The van der Waals surface area contributed by atoms with Gasteiger partial charge in [0.05, 0.1) is 5.69 Å². The van der Waals surface area contributed by atoms with Crippen molar-refractivity contribution in [3.63, 3.8) is 0 Å². The summed E-state index contributed by atoms with van der Waals surface area (Å²) in [5, 5.41) is 8.35. The van der Waals surface area contributed by atoms with Crippen molar-refractivity contribution in [2.24, 2.45) is 0 Å². The smallest absolute Gasteiger partial charge is 0.166 e. The van der Waals surface area contributed by atoms with Gasteiger partial charge in [0.25, 0.3) is 0 Å². The molecule has 0 N–H and O–H groups in total. The summed E-state index contributed by atoms with van der Waals surface area (Å²) in [6.07, 6.45) is 1.67. The Hall–Kier alpha value is -1.79. The molecule has 0 aromatic carbocycles. The van der Waals surface area contributed by atoms with E-state index in [1.807, 2.05) is 16.5 Å². The van der Waals surface area contributed by atoms with E-state index in [0.717, 1.165) is 56.9 Å². The zero-order chi connectivity index (χ0) is 13.9. The number of rotatable bonds is 4. The van der Waals surface area contributed by atoms with Gasteiger partial charge in [-0.15, -0.1) is 10.2 Å². The maximum Gasteiger partial charge on any atom is 0.166 e. The lowest BCUT2D eigenvalue weighted by Gasteiger charge is -2.32. The van der Waals surface area contributed by atoms with E-state index in [-0.39, 0.29) is 0 Å². The number of nitrogens with zero attached hydrogens (tertiary/aromatic N) is 5. The number of aromatic nitrogens is 3. The van der Waals surface area contributed by atoms with Crippen molar-refractivity contribution in [3.8, 4) is 0 Å². The fraction of sp³-hybridized carbons (Fsp3) is 0.500. The second kappa shape index (κ2) is 5.68. The minimum atomic E-state index is 0.612. The highest BCUT2D eigenvalue weighted by Gasteiger charge is 2.15. The van der Waals surface area contributed by atoms with Crippen LogP contribution >= 0.6 is 0 Å². The van der Waals surface area contributed by atoms with E-state index >= 15 is 0 Å². The molecular weight excluding hydrogens is 254 g/mol. The van der Waals surface area contributed by atoms with E-state index < -0.39 is 0 Å². The minimum absolute atomic E-state index is 0.612. The molecule has 0 atom stereocenters. The van der Waals surface area contributed by atoms with Gasteiger partial charge in [-0.2, -0.15) is 0 Å². The number of carbonyl (C=O) groups excluding carboxylic acids is 1. The first-order valence-electron chi connectivity index (χ1n) is 6.97. The van der Waals surface area contributed by atoms with Crippen LogP contribution in [-0.2, 0) is 6.42 Å². The van der Waals surface area contributed by atoms with Crippen molar-refractivity contribution in [2.75, 3.05) is 39.8 Å². The highest BCUT2D eigenvalue weighted by Crippen LogP contribution is 2.09. The van der Waals surface area contributed by atoms with Crippen LogP contribution in [0.2, 0.25) is 0 Å². The standard InChI is InChI=1S/C14H19N5O/c1-17-7-9-18(10-8-17)6-5-14-16-15-13-4-2-3-12(11-20)19(13)14/h2-4,11H,5-10H2,1H3. The Balaban J connectivity index is 1.73. The number of hydrogen-bond acceptors (Lipinski definition) is 5. The molecular formula is C14H19N5O. The van der Waals surface area contributed by atoms with Gasteiger partial charge in [-0.05, 0) is 19.2 Å². The van der Waals surface area contributed by atoms with Crippen LogP contribution in [0.1, 0.15) is 16.3 Å². The predicted molar refractivity (Wildman–Crippen MR) is 76.0 cm³/mol. The second-order valence-electron chi connectivity index (χ2n) is 5.27. The van der Waals surface area contributed by atoms with E-state index in [1.54, 1.807) is 6.07 Å². The van der Waals surface area contributed by atoms with Gasteiger partial charge < -0.3 is 9.80 Å². The third-order valence-corrected chi connectivity index (χ3v) is 3.89. The zero-order valence-electron chi connectivity index (χ0n) is 11.7. The van der Waals surface area contributed by atoms with Crippen LogP contribution in [0.3, 0.4) is 0 Å². The molecule has 1 fully saturated rings. The molecule has 0 saturated carbocycles. The van der Waals surface area contributed by atoms with Crippen molar-refractivity contribution >= 4 is 11.9 Å². The number of fused-ring (bicyclic) bond motifs is 1. The van der Waals surface area contributed by atoms with Crippen LogP contribution in [-0.4, -0.2) is 70.5 Å². The Kier molecular flexibility index (Phi) is 3.75. The molecule has 3 heterocycles. The van der Waals surface area contributed by atoms with Crippen LogP contribution in [0.4, 0.5) is 0 Å². The van der Waals surface area contributed by atoms with Gasteiger partial charge in [-0.25, -0.2) is 0 Å². The molecule has 20 heavy (non-hydrogen) atoms. The second-order valence-corrected chi connectivity index (χ2v) is 5.27. The number of aldehydes is 1. The van der Waals surface area contributed by atoms with Crippen molar-refractivity contribution in [1.29, 1.82) is 0 Å². The van der Waals surface area contributed by atoms with Crippen molar-refractivity contribution in [2.45, 2.75) is 6.42 Å². The van der Waals surface area contributed by atoms with Gasteiger partial charge in [-0.3, -0.25) is 9.20 Å². The first-order chi connectivity index (χ1) is 9.78. The highest BCUT2D eigenvalue weighted by molar-refractivity contribution is 5.73. The molecule has 0 bridgehead atoms. The summed E-state index contributed by atoms with van der Waals surface area (Å²) in [7, 11) is 2.15. The summed E-state index contributed by atoms with van der Waals surface area (Å²) in [5.41, 5.74) is 1.35. The normalized spacial score (nSPS) is 17.6. The van der Waals surface area contributed by atoms with Crippen LogP contribution in [0.15, 0.2) is 18.2 Å². The number of carbonyl (C=O) groups is 1. The van der Waals surface area contributed by atoms with Gasteiger partial charge in [-0.1, -0.05) is 6.07 Å². The molecule has 3 rings (SSSR count). The minimum Gasteiger partial charge on any atom is -0.304 e. The van der Waals surface area contributed by atoms with Gasteiger partial charge in [0.2, 0.25) is 0 Å². The summed E-state index contributed by atoms with van der Waals surface area (Å²) < 4.78 is 1.85. The summed E-state index contributed by atoms with van der Waals surface area (Å²) >= 11 is 0. The maximum atomic E-state index is 11.1. The molecule has 0 unspecified atom stereocenters. The molecule has 2 aromatic heterocycles. The molecule has 0 radical (unpaired) electrons. The summed E-state index contributed by atoms with van der Waals surface area (Å²) in [6.45, 7) is 5.36. The van der Waals surface area contributed by atoms with Gasteiger partial charge in [0.15, 0.2) is 11.9 Å². The van der Waals surface area contributed by atoms with Crippen LogP contribution in [0.5, 0.6) is 0 Å². The van der Waals surface area contributed by atoms with E-state index in [1.165, 1.54) is 0 Å². The molecule has 106 valence electrons. The molecule has 0 spiro atoms. The van der Waals surface area contributed by atoms with Crippen molar-refractivity contribution < 1.29 is 4.79 Å². The summed E-state index contributed by atoms with van der Waals surface area (Å²) in [6, 6.07) is 5.50. The lowest BCUT2D eigenvalue weighted by molar-refractivity contribution is 0.111. The first kappa shape index (κ1) is 13.2. The SMILES string of the molecule is CN1CCN(CCc2nnc3cccc(C=O)n23)CC1. The van der Waals surface area contributed by atoms with Crippen LogP contribution < -0.4 is 0 Å². The van der Waals surface area contributed by atoms with Gasteiger partial charge >= 0.3 is 0 Å². The lowest BCUT2D eigenvalue weighted by Crippen LogP contribution is -2.45. The third kappa shape index (κ3) is 2.57.